The first-order valence-corrected chi connectivity index (χ1v) is 9.15. The number of ether oxygens (including phenoxy) is 1. The van der Waals surface area contributed by atoms with E-state index in [1.807, 2.05) is 42.5 Å². The fourth-order valence-corrected chi connectivity index (χ4v) is 3.04. The van der Waals surface area contributed by atoms with E-state index < -0.39 is 0 Å². The van der Waals surface area contributed by atoms with E-state index in [0.29, 0.717) is 12.3 Å². The molecule has 5 heteroatoms. The van der Waals surface area contributed by atoms with Crippen LogP contribution in [0.4, 0.5) is 0 Å². The Balaban J connectivity index is 1.64. The minimum Gasteiger partial charge on any atom is -0.497 e. The van der Waals surface area contributed by atoms with Crippen LogP contribution in [0.2, 0.25) is 0 Å². The number of nitrogens with one attached hydrogen (secondary N) is 1. The van der Waals surface area contributed by atoms with E-state index in [4.69, 9.17) is 9.26 Å². The molecule has 1 N–H and O–H groups in total. The van der Waals surface area contributed by atoms with Crippen molar-refractivity contribution in [2.75, 3.05) is 13.7 Å². The molecular formula is C22H24N2O3. The summed E-state index contributed by atoms with van der Waals surface area (Å²) in [6.07, 6.45) is 2.07. The molecule has 1 aromatic heterocycles. The van der Waals surface area contributed by atoms with Gasteiger partial charge in [-0.05, 0) is 36.2 Å². The fourth-order valence-electron chi connectivity index (χ4n) is 3.04. The Labute approximate surface area is 159 Å². The summed E-state index contributed by atoms with van der Waals surface area (Å²) in [5.74, 6) is 1.37. The quantitative estimate of drug-likeness (QED) is 0.631. The lowest BCUT2D eigenvalue weighted by Gasteiger charge is -2.17. The smallest absolute Gasteiger partial charge is 0.273 e. The molecule has 0 saturated carbocycles. The Hall–Kier alpha value is -3.08. The molecule has 0 unspecified atom stereocenters. The van der Waals surface area contributed by atoms with E-state index in [0.717, 1.165) is 24.2 Å². The van der Waals surface area contributed by atoms with Gasteiger partial charge in [0, 0.05) is 24.1 Å². The average molecular weight is 364 g/mol. The van der Waals surface area contributed by atoms with Gasteiger partial charge < -0.3 is 14.6 Å². The minimum absolute atomic E-state index is 0.226. The molecule has 1 heterocycles. The maximum atomic E-state index is 12.5. The molecule has 2 aromatic carbocycles. The van der Waals surface area contributed by atoms with Gasteiger partial charge in [0.05, 0.1) is 7.11 Å². The summed E-state index contributed by atoms with van der Waals surface area (Å²) >= 11 is 0. The van der Waals surface area contributed by atoms with Gasteiger partial charge in [0.25, 0.3) is 5.91 Å². The van der Waals surface area contributed by atoms with Crippen molar-refractivity contribution in [2.24, 2.45) is 0 Å². The van der Waals surface area contributed by atoms with Crippen LogP contribution < -0.4 is 10.1 Å². The van der Waals surface area contributed by atoms with Crippen LogP contribution >= 0.6 is 0 Å². The normalized spacial score (nSPS) is 11.8. The Kier molecular flexibility index (Phi) is 6.26. The third-order valence-corrected chi connectivity index (χ3v) is 4.53. The second kappa shape index (κ2) is 9.03. The van der Waals surface area contributed by atoms with E-state index in [1.54, 1.807) is 13.2 Å². The van der Waals surface area contributed by atoms with Crippen molar-refractivity contribution in [3.8, 4) is 17.1 Å². The SMILES string of the molecule is CCC[C@H](CNC(=O)c1cc(-c2ccc(OC)cc2)on1)c1ccccc1. The molecule has 0 spiro atoms. The first-order valence-electron chi connectivity index (χ1n) is 9.15. The van der Waals surface area contributed by atoms with Crippen molar-refractivity contribution in [1.29, 1.82) is 0 Å². The minimum atomic E-state index is -0.226. The predicted octanol–water partition coefficient (Wildman–Crippen LogP) is 4.66. The zero-order chi connectivity index (χ0) is 19.1. The zero-order valence-corrected chi connectivity index (χ0v) is 15.6. The van der Waals surface area contributed by atoms with Gasteiger partial charge in [0.1, 0.15) is 5.75 Å². The number of nitrogens with zero attached hydrogens (tertiary/aromatic N) is 1. The van der Waals surface area contributed by atoms with Gasteiger partial charge in [-0.25, -0.2) is 0 Å². The van der Waals surface area contributed by atoms with E-state index >= 15 is 0 Å². The summed E-state index contributed by atoms with van der Waals surface area (Å²) in [6.45, 7) is 2.72. The lowest BCUT2D eigenvalue weighted by molar-refractivity contribution is 0.0941. The zero-order valence-electron chi connectivity index (χ0n) is 15.6. The van der Waals surface area contributed by atoms with Gasteiger partial charge in [0.15, 0.2) is 11.5 Å². The molecule has 1 amide bonds. The Bertz CT molecular complexity index is 857. The number of rotatable bonds is 8. The van der Waals surface area contributed by atoms with E-state index in [2.05, 4.69) is 29.5 Å². The second-order valence-electron chi connectivity index (χ2n) is 6.41. The van der Waals surface area contributed by atoms with Crippen molar-refractivity contribution in [3.05, 3.63) is 71.9 Å². The number of hydrogen-bond acceptors (Lipinski definition) is 4. The Morgan fingerprint density at radius 2 is 1.89 bits per heavy atom. The molecule has 27 heavy (non-hydrogen) atoms. The summed E-state index contributed by atoms with van der Waals surface area (Å²) in [5, 5.41) is 6.90. The van der Waals surface area contributed by atoms with Crippen LogP contribution in [0.25, 0.3) is 11.3 Å². The van der Waals surface area contributed by atoms with Crippen molar-refractivity contribution in [2.45, 2.75) is 25.7 Å². The highest BCUT2D eigenvalue weighted by Crippen LogP contribution is 2.23. The first kappa shape index (κ1) is 18.7. The molecule has 0 fully saturated rings. The molecular weight excluding hydrogens is 340 g/mol. The van der Waals surface area contributed by atoms with Crippen LogP contribution in [-0.2, 0) is 0 Å². The van der Waals surface area contributed by atoms with Gasteiger partial charge in [-0.3, -0.25) is 4.79 Å². The number of carbonyl (C=O) groups is 1. The van der Waals surface area contributed by atoms with Crippen molar-refractivity contribution in [1.82, 2.24) is 10.5 Å². The number of aromatic nitrogens is 1. The second-order valence-corrected chi connectivity index (χ2v) is 6.41. The molecule has 0 saturated heterocycles. The fraction of sp³-hybridized carbons (Fsp3) is 0.273. The Morgan fingerprint density at radius 3 is 2.56 bits per heavy atom. The van der Waals surface area contributed by atoms with Gasteiger partial charge in [-0.15, -0.1) is 0 Å². The van der Waals surface area contributed by atoms with Crippen LogP contribution in [-0.4, -0.2) is 24.7 Å². The molecule has 0 aliphatic heterocycles. The number of benzene rings is 2. The molecule has 0 aliphatic rings. The van der Waals surface area contributed by atoms with Gasteiger partial charge in [0.2, 0.25) is 0 Å². The molecule has 140 valence electrons. The number of carbonyl (C=O) groups excluding carboxylic acids is 1. The van der Waals surface area contributed by atoms with Gasteiger partial charge >= 0.3 is 0 Å². The molecule has 1 atom stereocenters. The van der Waals surface area contributed by atoms with Crippen molar-refractivity contribution in [3.63, 3.8) is 0 Å². The molecule has 0 radical (unpaired) electrons. The first-order chi connectivity index (χ1) is 13.2. The summed E-state index contributed by atoms with van der Waals surface area (Å²) in [6, 6.07) is 19.3. The highest BCUT2D eigenvalue weighted by Gasteiger charge is 2.16. The van der Waals surface area contributed by atoms with Crippen molar-refractivity contribution >= 4 is 5.91 Å². The van der Waals surface area contributed by atoms with E-state index in [1.165, 1.54) is 5.56 Å². The van der Waals surface area contributed by atoms with Gasteiger partial charge in [-0.2, -0.15) is 0 Å². The predicted molar refractivity (Wildman–Crippen MR) is 105 cm³/mol. The van der Waals surface area contributed by atoms with E-state index in [-0.39, 0.29) is 17.5 Å². The third-order valence-electron chi connectivity index (χ3n) is 4.53. The third kappa shape index (κ3) is 4.76. The van der Waals surface area contributed by atoms with Crippen molar-refractivity contribution < 1.29 is 14.1 Å². The standard InChI is InChI=1S/C22H24N2O3/c1-3-7-18(16-8-5-4-6-9-16)15-23-22(25)20-14-21(27-24-20)17-10-12-19(26-2)13-11-17/h4-6,8-14,18H,3,7,15H2,1-2H3,(H,23,25)/t18-/m1/s1. The Morgan fingerprint density at radius 1 is 1.15 bits per heavy atom. The lowest BCUT2D eigenvalue weighted by Crippen LogP contribution is -2.28. The number of methoxy groups -OCH3 is 1. The maximum absolute atomic E-state index is 12.5. The monoisotopic (exact) mass is 364 g/mol. The largest absolute Gasteiger partial charge is 0.497 e. The summed E-state index contributed by atoms with van der Waals surface area (Å²) in [7, 11) is 1.62. The molecule has 5 nitrogen and oxygen atoms in total. The summed E-state index contributed by atoms with van der Waals surface area (Å²) in [4.78, 5) is 12.5. The average Bonchev–Trinajstić information content (AvgIpc) is 3.22. The highest BCUT2D eigenvalue weighted by atomic mass is 16.5. The van der Waals surface area contributed by atoms with Crippen LogP contribution in [0.15, 0.2) is 65.2 Å². The summed E-state index contributed by atoms with van der Waals surface area (Å²) in [5.41, 5.74) is 2.36. The maximum Gasteiger partial charge on any atom is 0.273 e. The topological polar surface area (TPSA) is 64.4 Å². The molecule has 0 bridgehead atoms. The highest BCUT2D eigenvalue weighted by molar-refractivity contribution is 5.93. The molecule has 3 aromatic rings. The van der Waals surface area contributed by atoms with Crippen LogP contribution in [0.3, 0.4) is 0 Å². The lowest BCUT2D eigenvalue weighted by atomic mass is 9.94. The molecule has 3 rings (SSSR count). The van der Waals surface area contributed by atoms with Crippen LogP contribution in [0, 0.1) is 0 Å². The van der Waals surface area contributed by atoms with E-state index in [9.17, 15) is 4.79 Å². The number of amides is 1. The number of hydrogen-bond donors (Lipinski definition) is 1. The van der Waals surface area contributed by atoms with Crippen LogP contribution in [0.5, 0.6) is 5.75 Å². The van der Waals surface area contributed by atoms with Gasteiger partial charge in [-0.1, -0.05) is 48.8 Å². The summed E-state index contributed by atoms with van der Waals surface area (Å²) < 4.78 is 10.5. The molecule has 0 aliphatic carbocycles. The van der Waals surface area contributed by atoms with Crippen LogP contribution in [0.1, 0.15) is 41.7 Å².